The molecular formula is C31H31FN6O5. The van der Waals surface area contributed by atoms with Crippen LogP contribution in [0.3, 0.4) is 0 Å². The van der Waals surface area contributed by atoms with Crippen LogP contribution in [0.4, 0.5) is 20.7 Å². The number of anilines is 2. The maximum atomic E-state index is 15.3. The third kappa shape index (κ3) is 7.38. The molecule has 222 valence electrons. The number of nitrogens with two attached hydrogens (primary N) is 1. The average molecular weight is 587 g/mol. The molecule has 12 heteroatoms. The van der Waals surface area contributed by atoms with Crippen LogP contribution in [0.15, 0.2) is 54.7 Å². The average Bonchev–Trinajstić information content (AvgIpc) is 3.74. The van der Waals surface area contributed by atoms with Crippen LogP contribution < -0.4 is 26.4 Å². The van der Waals surface area contributed by atoms with Crippen molar-refractivity contribution < 1.29 is 28.3 Å². The van der Waals surface area contributed by atoms with E-state index in [1.165, 1.54) is 36.5 Å². The first kappa shape index (κ1) is 30.8. The van der Waals surface area contributed by atoms with Crippen LogP contribution in [0, 0.1) is 23.1 Å². The molecule has 3 amide bonds. The molecule has 1 aliphatic carbocycles. The molecule has 2 aromatic carbocycles. The Morgan fingerprint density at radius 1 is 1.14 bits per heavy atom. The molecule has 1 heterocycles. The van der Waals surface area contributed by atoms with Crippen molar-refractivity contribution in [2.75, 3.05) is 10.6 Å². The van der Waals surface area contributed by atoms with Gasteiger partial charge in [-0.05, 0) is 54.8 Å². The molecule has 0 radical (unpaired) electrons. The molecule has 0 bridgehead atoms. The highest BCUT2D eigenvalue weighted by molar-refractivity contribution is 6.01. The lowest BCUT2D eigenvalue weighted by Crippen LogP contribution is -2.39. The largest absolute Gasteiger partial charge is 0.422 e. The van der Waals surface area contributed by atoms with E-state index >= 15 is 4.39 Å². The van der Waals surface area contributed by atoms with Crippen LogP contribution in [0.1, 0.15) is 71.4 Å². The van der Waals surface area contributed by atoms with E-state index in [4.69, 9.17) is 15.7 Å². The lowest BCUT2D eigenvalue weighted by Gasteiger charge is -2.17. The summed E-state index contributed by atoms with van der Waals surface area (Å²) >= 11 is 0. The van der Waals surface area contributed by atoms with Crippen LogP contribution in [0.2, 0.25) is 0 Å². The Labute approximate surface area is 247 Å². The zero-order valence-electron chi connectivity index (χ0n) is 23.8. The van der Waals surface area contributed by atoms with Crippen LogP contribution in [-0.2, 0) is 4.79 Å². The van der Waals surface area contributed by atoms with E-state index in [2.05, 4.69) is 20.9 Å². The third-order valence-electron chi connectivity index (χ3n) is 6.96. The number of ketones is 1. The second kappa shape index (κ2) is 13.2. The molecule has 1 fully saturated rings. The lowest BCUT2D eigenvalue weighted by atomic mass is 9.99. The smallest absolute Gasteiger partial charge is 0.343 e. The number of carbonyl (C=O) groups excluding carboxylic acids is 4. The summed E-state index contributed by atoms with van der Waals surface area (Å²) in [5.74, 6) is -3.01. The number of hydrogen-bond acceptors (Lipinski definition) is 8. The zero-order valence-corrected chi connectivity index (χ0v) is 23.8. The van der Waals surface area contributed by atoms with Gasteiger partial charge in [0.15, 0.2) is 5.78 Å². The van der Waals surface area contributed by atoms with Gasteiger partial charge in [0, 0.05) is 35.8 Å². The normalized spacial score (nSPS) is 16.0. The molecule has 1 saturated carbocycles. The summed E-state index contributed by atoms with van der Waals surface area (Å²) in [4.78, 5) is 55.0. The van der Waals surface area contributed by atoms with Crippen molar-refractivity contribution in [3.63, 3.8) is 0 Å². The summed E-state index contributed by atoms with van der Waals surface area (Å²) in [6.45, 7) is 5.25. The Morgan fingerprint density at radius 3 is 2.56 bits per heavy atom. The minimum atomic E-state index is -0.865. The van der Waals surface area contributed by atoms with E-state index < -0.39 is 41.7 Å². The van der Waals surface area contributed by atoms with Crippen molar-refractivity contribution in [2.45, 2.75) is 51.6 Å². The second-order valence-corrected chi connectivity index (χ2v) is 10.4. The Bertz CT molecular complexity index is 1600. The number of nitriles is 1. The number of aromatic nitrogens is 1. The van der Waals surface area contributed by atoms with Crippen molar-refractivity contribution in [3.8, 4) is 11.8 Å². The fourth-order valence-corrected chi connectivity index (χ4v) is 4.37. The fraction of sp³-hybridized carbons (Fsp3) is 0.290. The number of nitrogens with one attached hydrogen (secondary N) is 3. The van der Waals surface area contributed by atoms with Crippen molar-refractivity contribution in [1.29, 1.82) is 5.26 Å². The summed E-state index contributed by atoms with van der Waals surface area (Å²) < 4.78 is 21.0. The molecule has 11 nitrogen and oxygen atoms in total. The summed E-state index contributed by atoms with van der Waals surface area (Å²) in [5.41, 5.74) is 6.65. The summed E-state index contributed by atoms with van der Waals surface area (Å²) in [6, 6.07) is 11.4. The number of carbonyl (C=O) groups is 4. The standard InChI is InChI=1S/C31H31FN6O5/c1-4-24(39)20-9-10-22(32)26(21-13-23(21)37-31(42)38-25-11-8-17(14-33)15-35-25)28(20)43-30(41)18-6-5-7-19(12-18)36-29(40)27(34)16(2)3/h5-12,15-16,21,23,27H,4,13,34H2,1-3H3,(H,36,40)(H2,35,37,38,42)/t21-,23+,27+/m1/s1. The molecule has 1 aromatic heterocycles. The van der Waals surface area contributed by atoms with E-state index in [1.54, 1.807) is 19.1 Å². The molecule has 1 aliphatic rings. The number of rotatable bonds is 10. The number of nitrogens with zero attached hydrogens (tertiary/aromatic N) is 2. The molecule has 0 unspecified atom stereocenters. The van der Waals surface area contributed by atoms with Gasteiger partial charge < -0.3 is 21.1 Å². The van der Waals surface area contributed by atoms with Crippen LogP contribution >= 0.6 is 0 Å². The number of pyridine rings is 1. The Kier molecular flexibility index (Phi) is 9.47. The van der Waals surface area contributed by atoms with E-state index in [0.29, 0.717) is 17.7 Å². The minimum Gasteiger partial charge on any atom is -0.422 e. The van der Waals surface area contributed by atoms with Gasteiger partial charge in [0.05, 0.1) is 22.7 Å². The fourth-order valence-electron chi connectivity index (χ4n) is 4.37. The van der Waals surface area contributed by atoms with Gasteiger partial charge in [-0.25, -0.2) is 19.0 Å². The minimum absolute atomic E-state index is 0.00168. The van der Waals surface area contributed by atoms with Crippen molar-refractivity contribution >= 4 is 35.2 Å². The SMILES string of the molecule is CCC(=O)c1ccc(F)c([C@@H]2C[C@@H]2NC(=O)Nc2ccc(C#N)cn2)c1OC(=O)c1cccc(NC(=O)[C@@H](N)C(C)C)c1. The molecule has 0 aliphatic heterocycles. The maximum absolute atomic E-state index is 15.3. The third-order valence-corrected chi connectivity index (χ3v) is 6.96. The number of ether oxygens (including phenoxy) is 1. The highest BCUT2D eigenvalue weighted by Gasteiger charge is 2.44. The Morgan fingerprint density at radius 2 is 1.91 bits per heavy atom. The Balaban J connectivity index is 1.54. The van der Waals surface area contributed by atoms with Gasteiger partial charge in [-0.3, -0.25) is 14.9 Å². The molecule has 5 N–H and O–H groups in total. The van der Waals surface area contributed by atoms with Crippen molar-refractivity contribution in [1.82, 2.24) is 10.3 Å². The number of benzene rings is 2. The predicted molar refractivity (Wildman–Crippen MR) is 156 cm³/mol. The van der Waals surface area contributed by atoms with Crippen molar-refractivity contribution in [3.05, 3.63) is 82.8 Å². The van der Waals surface area contributed by atoms with E-state index in [0.717, 1.165) is 6.07 Å². The van der Waals surface area contributed by atoms with Gasteiger partial charge in [-0.2, -0.15) is 5.26 Å². The van der Waals surface area contributed by atoms with Gasteiger partial charge in [0.1, 0.15) is 23.5 Å². The zero-order chi connectivity index (χ0) is 31.3. The van der Waals surface area contributed by atoms with E-state index in [1.807, 2.05) is 19.9 Å². The number of Topliss-reactive ketones (excluding diaryl/α,β-unsaturated/α-hetero) is 1. The van der Waals surface area contributed by atoms with Gasteiger partial charge in [-0.15, -0.1) is 0 Å². The second-order valence-electron chi connectivity index (χ2n) is 10.4. The molecule has 0 spiro atoms. The molecular weight excluding hydrogens is 555 g/mol. The topological polar surface area (TPSA) is 176 Å². The number of urea groups is 1. The first-order chi connectivity index (χ1) is 20.5. The number of esters is 1. The summed E-state index contributed by atoms with van der Waals surface area (Å²) in [6.07, 6.45) is 1.72. The van der Waals surface area contributed by atoms with E-state index in [9.17, 15) is 19.2 Å². The van der Waals surface area contributed by atoms with Gasteiger partial charge in [0.25, 0.3) is 0 Å². The molecule has 4 rings (SSSR count). The summed E-state index contributed by atoms with van der Waals surface area (Å²) in [5, 5.41) is 16.8. The monoisotopic (exact) mass is 586 g/mol. The lowest BCUT2D eigenvalue weighted by molar-refractivity contribution is -0.118. The predicted octanol–water partition coefficient (Wildman–Crippen LogP) is 4.50. The number of halogens is 1. The molecule has 43 heavy (non-hydrogen) atoms. The molecule has 3 atom stereocenters. The van der Waals surface area contributed by atoms with Gasteiger partial charge >= 0.3 is 12.0 Å². The molecule has 3 aromatic rings. The van der Waals surface area contributed by atoms with Crippen LogP contribution in [0.5, 0.6) is 5.75 Å². The quantitative estimate of drug-likeness (QED) is 0.152. The van der Waals surface area contributed by atoms with Crippen LogP contribution in [-0.4, -0.2) is 40.8 Å². The van der Waals surface area contributed by atoms with Crippen LogP contribution in [0.25, 0.3) is 0 Å². The summed E-state index contributed by atoms with van der Waals surface area (Å²) in [7, 11) is 0. The maximum Gasteiger partial charge on any atom is 0.343 e. The first-order valence-electron chi connectivity index (χ1n) is 13.7. The van der Waals surface area contributed by atoms with Gasteiger partial charge in [0.2, 0.25) is 5.91 Å². The van der Waals surface area contributed by atoms with Gasteiger partial charge in [-0.1, -0.05) is 26.8 Å². The van der Waals surface area contributed by atoms with Crippen molar-refractivity contribution in [2.24, 2.45) is 11.7 Å². The van der Waals surface area contributed by atoms with E-state index in [-0.39, 0.29) is 46.4 Å². The Hall–Kier alpha value is -5.15. The highest BCUT2D eigenvalue weighted by atomic mass is 19.1. The first-order valence-corrected chi connectivity index (χ1v) is 13.7. The number of hydrogen-bond donors (Lipinski definition) is 4. The number of amides is 3. The molecule has 0 saturated heterocycles. The highest BCUT2D eigenvalue weighted by Crippen LogP contribution is 2.47.